The number of ether oxygens (including phenoxy) is 2. The predicted molar refractivity (Wildman–Crippen MR) is 217 cm³/mol. The van der Waals surface area contributed by atoms with E-state index >= 15 is 0 Å². The number of hydrogen-bond donors (Lipinski definition) is 2. The molecule has 4 heteroatoms. The van der Waals surface area contributed by atoms with Gasteiger partial charge in [-0.2, -0.15) is 0 Å². The van der Waals surface area contributed by atoms with Crippen LogP contribution in [0.25, 0.3) is 65.7 Å². The second-order valence-electron chi connectivity index (χ2n) is 13.2. The number of allylic oxidation sites excluding steroid dienone is 2. The molecule has 0 heterocycles. The van der Waals surface area contributed by atoms with Crippen LogP contribution in [0.15, 0.2) is 182 Å². The average Bonchev–Trinajstić information content (AvgIpc) is 3.21. The smallest absolute Gasteiger partial charge is 0.112 e. The highest BCUT2D eigenvalue weighted by Gasteiger charge is 2.18. The van der Waals surface area contributed by atoms with Gasteiger partial charge < -0.3 is 20.9 Å². The summed E-state index contributed by atoms with van der Waals surface area (Å²) < 4.78 is 11.0. The molecular weight excluding hydrogens is 637 g/mol. The van der Waals surface area contributed by atoms with Crippen LogP contribution in [-0.2, 0) is 16.1 Å². The number of fused-ring (bicyclic) bond motifs is 6. The Hall–Kier alpha value is -6.52. The molecule has 4 nitrogen and oxygen atoms in total. The minimum atomic E-state index is 0.281. The zero-order valence-corrected chi connectivity index (χ0v) is 28.9. The van der Waals surface area contributed by atoms with E-state index in [4.69, 9.17) is 20.9 Å². The van der Waals surface area contributed by atoms with Crippen molar-refractivity contribution in [3.8, 4) is 33.4 Å². The minimum Gasteiger partial charge on any atom is -0.495 e. The third-order valence-electron chi connectivity index (χ3n) is 10.0. The Kier molecular flexibility index (Phi) is 9.27. The van der Waals surface area contributed by atoms with Gasteiger partial charge in [-0.3, -0.25) is 0 Å². The molecule has 8 rings (SSSR count). The normalized spacial score (nSPS) is 14.5. The highest BCUT2D eigenvalue weighted by Crippen LogP contribution is 2.44. The molecule has 52 heavy (non-hydrogen) atoms. The van der Waals surface area contributed by atoms with Gasteiger partial charge >= 0.3 is 0 Å². The zero-order chi connectivity index (χ0) is 35.3. The summed E-state index contributed by atoms with van der Waals surface area (Å²) in [7, 11) is 0. The second kappa shape index (κ2) is 14.8. The van der Waals surface area contributed by atoms with Crippen molar-refractivity contribution in [2.24, 2.45) is 11.5 Å². The van der Waals surface area contributed by atoms with Gasteiger partial charge in [-0.25, -0.2) is 0 Å². The van der Waals surface area contributed by atoms with E-state index < -0.39 is 0 Å². The fraction of sp³-hybridized carbons (Fsp3) is 0.0833. The van der Waals surface area contributed by atoms with Gasteiger partial charge in [0.2, 0.25) is 0 Å². The molecule has 7 aromatic rings. The molecule has 0 bridgehead atoms. The lowest BCUT2D eigenvalue weighted by atomic mass is 9.84. The maximum Gasteiger partial charge on any atom is 0.112 e. The summed E-state index contributed by atoms with van der Waals surface area (Å²) in [6.07, 6.45) is 13.5. The molecule has 0 spiro atoms. The largest absolute Gasteiger partial charge is 0.495 e. The van der Waals surface area contributed by atoms with Gasteiger partial charge in [0, 0.05) is 18.3 Å². The molecule has 1 aliphatic carbocycles. The van der Waals surface area contributed by atoms with E-state index in [1.807, 2.05) is 0 Å². The first-order valence-electron chi connectivity index (χ1n) is 17.7. The second-order valence-corrected chi connectivity index (χ2v) is 13.2. The van der Waals surface area contributed by atoms with Crippen molar-refractivity contribution in [2.75, 3.05) is 6.61 Å². The minimum absolute atomic E-state index is 0.281. The molecule has 254 valence electrons. The maximum absolute atomic E-state index is 5.52. The first-order valence-corrected chi connectivity index (χ1v) is 17.7. The molecule has 7 aromatic carbocycles. The molecule has 1 aliphatic rings. The van der Waals surface area contributed by atoms with E-state index in [9.17, 15) is 0 Å². The summed E-state index contributed by atoms with van der Waals surface area (Å²) in [5, 5.41) is 7.49. The summed E-state index contributed by atoms with van der Waals surface area (Å²) in [4.78, 5) is 0. The van der Waals surface area contributed by atoms with E-state index in [0.717, 1.165) is 23.1 Å². The van der Waals surface area contributed by atoms with Gasteiger partial charge in [-0.05, 0) is 113 Å². The third kappa shape index (κ3) is 6.55. The predicted octanol–water partition coefficient (Wildman–Crippen LogP) is 11.5. The van der Waals surface area contributed by atoms with Gasteiger partial charge in [-0.15, -0.1) is 0 Å². The van der Waals surface area contributed by atoms with Gasteiger partial charge in [0.05, 0.1) is 12.5 Å². The fourth-order valence-electron chi connectivity index (χ4n) is 7.40. The lowest BCUT2D eigenvalue weighted by Gasteiger charge is -2.20. The molecule has 0 saturated carbocycles. The molecule has 4 N–H and O–H groups in total. The quantitative estimate of drug-likeness (QED) is 0.112. The molecule has 0 radical (unpaired) electrons. The van der Waals surface area contributed by atoms with E-state index in [2.05, 4.69) is 152 Å². The van der Waals surface area contributed by atoms with Crippen LogP contribution < -0.4 is 11.5 Å². The Bertz CT molecular complexity index is 2500. The van der Waals surface area contributed by atoms with E-state index in [0.29, 0.717) is 13.2 Å². The summed E-state index contributed by atoms with van der Waals surface area (Å²) in [5.74, 6) is 0.281. The highest BCUT2D eigenvalue weighted by atomic mass is 16.5. The molecule has 0 amide bonds. The molecule has 0 fully saturated rings. The van der Waals surface area contributed by atoms with Crippen LogP contribution in [0.5, 0.6) is 0 Å². The third-order valence-corrected chi connectivity index (χ3v) is 10.0. The Morgan fingerprint density at radius 2 is 1.08 bits per heavy atom. The first-order chi connectivity index (χ1) is 25.7. The van der Waals surface area contributed by atoms with Gasteiger partial charge in [0.1, 0.15) is 13.2 Å². The van der Waals surface area contributed by atoms with Crippen LogP contribution in [-0.4, -0.2) is 6.61 Å². The summed E-state index contributed by atoms with van der Waals surface area (Å²) in [6.45, 7) is 0.995. The van der Waals surface area contributed by atoms with E-state index in [1.165, 1.54) is 90.6 Å². The Morgan fingerprint density at radius 3 is 1.67 bits per heavy atom. The van der Waals surface area contributed by atoms with E-state index in [1.54, 1.807) is 0 Å². The van der Waals surface area contributed by atoms with Gasteiger partial charge in [0.15, 0.2) is 0 Å². The number of rotatable bonds is 10. The highest BCUT2D eigenvalue weighted by molar-refractivity contribution is 6.27. The van der Waals surface area contributed by atoms with Crippen molar-refractivity contribution in [3.05, 3.63) is 193 Å². The number of nitrogens with two attached hydrogens (primary N) is 2. The SMILES string of the molecule is N/C=C\OCC1=CCC(c2ccc3c4ccc(-c5ccc(CO/C=C\N)cc5)cc4c4cc(-c5ccccc5)c(-c5ccccc5)cc4c3c2)C=C1. The fourth-order valence-corrected chi connectivity index (χ4v) is 7.40. The number of hydrogen-bond acceptors (Lipinski definition) is 4. The zero-order valence-electron chi connectivity index (χ0n) is 28.9. The van der Waals surface area contributed by atoms with E-state index in [-0.39, 0.29) is 5.92 Å². The summed E-state index contributed by atoms with van der Waals surface area (Å²) in [6, 6.07) is 48.9. The van der Waals surface area contributed by atoms with Crippen LogP contribution in [0.2, 0.25) is 0 Å². The van der Waals surface area contributed by atoms with Crippen molar-refractivity contribution >= 4 is 32.3 Å². The van der Waals surface area contributed by atoms with Gasteiger partial charge in [-0.1, -0.05) is 127 Å². The topological polar surface area (TPSA) is 70.5 Å². The van der Waals surface area contributed by atoms with Crippen LogP contribution in [0.3, 0.4) is 0 Å². The molecule has 1 atom stereocenters. The Balaban J connectivity index is 1.32. The molecule has 0 aromatic heterocycles. The van der Waals surface area contributed by atoms with Crippen molar-refractivity contribution in [3.63, 3.8) is 0 Å². The van der Waals surface area contributed by atoms with Crippen molar-refractivity contribution < 1.29 is 9.47 Å². The number of benzene rings is 7. The first kappa shape index (κ1) is 32.7. The van der Waals surface area contributed by atoms with Crippen molar-refractivity contribution in [1.82, 2.24) is 0 Å². The van der Waals surface area contributed by atoms with Crippen LogP contribution in [0, 0.1) is 0 Å². The summed E-state index contributed by atoms with van der Waals surface area (Å²) in [5.41, 5.74) is 21.6. The molecule has 0 saturated heterocycles. The summed E-state index contributed by atoms with van der Waals surface area (Å²) >= 11 is 0. The monoisotopic (exact) mass is 676 g/mol. The van der Waals surface area contributed by atoms with Crippen molar-refractivity contribution in [2.45, 2.75) is 18.9 Å². The lowest BCUT2D eigenvalue weighted by Crippen LogP contribution is -2.02. The average molecular weight is 677 g/mol. The standard InChI is InChI=1S/C48H40N2O2/c49-23-25-51-31-33-11-15-35(16-12-33)39-19-21-41-42-22-20-40(36-17-13-34(14-18-36)32-52-26-24-50)28-46(42)48-30-44(38-9-5-2-6-10-38)43(29-47(48)45(41)27-39)37-7-3-1-4-8-37/h1-17,19-30,36H,18,31-32,49-50H2/b25-23-,26-24-. The lowest BCUT2D eigenvalue weighted by molar-refractivity contribution is 0.236. The molecule has 0 aliphatic heterocycles. The van der Waals surface area contributed by atoms with Gasteiger partial charge in [0.25, 0.3) is 0 Å². The van der Waals surface area contributed by atoms with Crippen molar-refractivity contribution in [1.29, 1.82) is 0 Å². The Morgan fingerprint density at radius 1 is 0.519 bits per heavy atom. The van der Waals surface area contributed by atoms with Crippen LogP contribution in [0.4, 0.5) is 0 Å². The molecule has 1 unspecified atom stereocenters. The van der Waals surface area contributed by atoms with Crippen LogP contribution in [0.1, 0.15) is 23.5 Å². The molecular formula is C48H40N2O2. The Labute approximate surface area is 304 Å². The maximum atomic E-state index is 5.52. The van der Waals surface area contributed by atoms with Crippen LogP contribution >= 0.6 is 0 Å².